The highest BCUT2D eigenvalue weighted by molar-refractivity contribution is 7.89. The van der Waals surface area contributed by atoms with Crippen LogP contribution in [0.25, 0.3) is 11.0 Å². The van der Waals surface area contributed by atoms with Crippen LogP contribution in [0.3, 0.4) is 0 Å². The van der Waals surface area contributed by atoms with Crippen molar-refractivity contribution in [3.63, 3.8) is 0 Å². The van der Waals surface area contributed by atoms with Gasteiger partial charge in [-0.1, -0.05) is 18.5 Å². The minimum atomic E-state index is -3.38. The van der Waals surface area contributed by atoms with Crippen LogP contribution >= 0.6 is 11.6 Å². The smallest absolute Gasteiger partial charge is 0.229 e. The standard InChI is InChI=1S/C32H39ClN8O3S/c1-6-20-13-27(29(44-4)14-28(20)41-17-21-7-8-22(41)16-40(21)19(2)3)38-32-36-15-24(33)31(39-32)37-25-9-10-26-30(35-12-11-34-26)23(25)18-45(5,42)43/h9-15,19,21-22H,6-8,16-18H2,1-5H3,(H2,36,37,38,39). The van der Waals surface area contributed by atoms with Crippen LogP contribution in [-0.4, -0.2) is 77.8 Å². The van der Waals surface area contributed by atoms with E-state index in [1.54, 1.807) is 25.4 Å². The summed E-state index contributed by atoms with van der Waals surface area (Å²) in [6.45, 7) is 8.84. The number of anilines is 5. The van der Waals surface area contributed by atoms with Crippen LogP contribution in [0.1, 0.15) is 44.7 Å². The molecule has 0 spiro atoms. The first-order valence-corrected chi connectivity index (χ1v) is 17.7. The van der Waals surface area contributed by atoms with Gasteiger partial charge in [0.1, 0.15) is 10.8 Å². The van der Waals surface area contributed by atoms with Gasteiger partial charge in [-0.3, -0.25) is 14.9 Å². The molecule has 0 saturated carbocycles. The van der Waals surface area contributed by atoms with Gasteiger partial charge in [-0.05, 0) is 56.9 Å². The average Bonchev–Trinajstić information content (AvgIpc) is 3.03. The van der Waals surface area contributed by atoms with Crippen molar-refractivity contribution < 1.29 is 13.2 Å². The highest BCUT2D eigenvalue weighted by Gasteiger charge is 2.40. The predicted octanol–water partition coefficient (Wildman–Crippen LogP) is 5.74. The van der Waals surface area contributed by atoms with Crippen LogP contribution < -0.4 is 20.3 Å². The van der Waals surface area contributed by atoms with Crippen molar-refractivity contribution in [2.24, 2.45) is 0 Å². The average molecular weight is 651 g/mol. The fourth-order valence-corrected chi connectivity index (χ4v) is 7.56. The first kappa shape index (κ1) is 31.3. The Bertz CT molecular complexity index is 1840. The van der Waals surface area contributed by atoms with Crippen molar-refractivity contribution in [1.29, 1.82) is 0 Å². The van der Waals surface area contributed by atoms with Gasteiger partial charge in [-0.15, -0.1) is 0 Å². The SMILES string of the molecule is CCc1cc(Nc2ncc(Cl)c(Nc3ccc4nccnc4c3CS(C)(=O)=O)n2)c(OC)cc1N1CC2CCC1CN2C(C)C. The molecule has 2 unspecified atom stereocenters. The maximum absolute atomic E-state index is 12.3. The molecule has 4 aromatic rings. The first-order chi connectivity index (χ1) is 21.5. The number of nitrogens with one attached hydrogen (secondary N) is 2. The number of piperazine rings is 1. The van der Waals surface area contributed by atoms with Crippen molar-refractivity contribution in [1.82, 2.24) is 24.8 Å². The van der Waals surface area contributed by atoms with Crippen molar-refractivity contribution >= 4 is 61.3 Å². The lowest BCUT2D eigenvalue weighted by Gasteiger charge is -2.54. The Morgan fingerprint density at radius 2 is 1.82 bits per heavy atom. The van der Waals surface area contributed by atoms with Gasteiger partial charge < -0.3 is 20.3 Å². The van der Waals surface area contributed by atoms with Crippen molar-refractivity contribution in [2.45, 2.75) is 63.9 Å². The van der Waals surface area contributed by atoms with Gasteiger partial charge in [-0.25, -0.2) is 13.4 Å². The number of sulfone groups is 1. The number of aromatic nitrogens is 4. The van der Waals surface area contributed by atoms with Gasteiger partial charge >= 0.3 is 0 Å². The molecule has 0 radical (unpaired) electrons. The number of hydrogen-bond donors (Lipinski definition) is 2. The lowest BCUT2D eigenvalue weighted by molar-refractivity contribution is 0.0672. The number of aryl methyl sites for hydroxylation is 1. The number of benzene rings is 2. The highest BCUT2D eigenvalue weighted by Crippen LogP contribution is 2.41. The molecule has 2 atom stereocenters. The van der Waals surface area contributed by atoms with Crippen LogP contribution in [0.4, 0.5) is 28.8 Å². The zero-order chi connectivity index (χ0) is 31.9. The Labute approximate surface area is 269 Å². The fraction of sp³-hybridized carbons (Fsp3) is 0.438. The predicted molar refractivity (Wildman–Crippen MR) is 180 cm³/mol. The van der Waals surface area contributed by atoms with Gasteiger partial charge in [-0.2, -0.15) is 4.98 Å². The first-order valence-electron chi connectivity index (χ1n) is 15.2. The van der Waals surface area contributed by atoms with E-state index in [9.17, 15) is 8.42 Å². The Balaban J connectivity index is 1.30. The topological polar surface area (TPSA) is 125 Å². The number of halogens is 1. The lowest BCUT2D eigenvalue weighted by atomic mass is 9.88. The van der Waals surface area contributed by atoms with Crippen molar-refractivity contribution in [3.05, 3.63) is 59.0 Å². The molecule has 7 rings (SSSR count). The molecule has 0 aliphatic carbocycles. The van der Waals surface area contributed by atoms with Gasteiger partial charge in [0.15, 0.2) is 15.7 Å². The molecule has 3 aliphatic heterocycles. The molecule has 5 heterocycles. The van der Waals surface area contributed by atoms with Crippen LogP contribution in [0.2, 0.25) is 5.02 Å². The molecule has 45 heavy (non-hydrogen) atoms. The lowest BCUT2D eigenvalue weighted by Crippen LogP contribution is -2.64. The molecule has 11 nitrogen and oxygen atoms in total. The van der Waals surface area contributed by atoms with Crippen LogP contribution in [-0.2, 0) is 22.0 Å². The maximum Gasteiger partial charge on any atom is 0.229 e. The van der Waals surface area contributed by atoms with Crippen LogP contribution in [0, 0.1) is 0 Å². The zero-order valence-electron chi connectivity index (χ0n) is 26.2. The summed E-state index contributed by atoms with van der Waals surface area (Å²) in [5.74, 6) is 1.10. The van der Waals surface area contributed by atoms with E-state index in [1.165, 1.54) is 42.7 Å². The van der Waals surface area contributed by atoms with Gasteiger partial charge in [0, 0.05) is 72.9 Å². The Morgan fingerprint density at radius 3 is 2.51 bits per heavy atom. The minimum absolute atomic E-state index is 0.226. The van der Waals surface area contributed by atoms with E-state index in [-0.39, 0.29) is 10.8 Å². The van der Waals surface area contributed by atoms with Crippen LogP contribution in [0.5, 0.6) is 5.75 Å². The molecule has 3 aliphatic rings. The normalized spacial score (nSPS) is 18.5. The summed E-state index contributed by atoms with van der Waals surface area (Å²) in [7, 11) is -1.72. The summed E-state index contributed by atoms with van der Waals surface area (Å²) in [6, 6.07) is 9.37. The molecular formula is C32H39ClN8O3S. The maximum atomic E-state index is 12.3. The van der Waals surface area contributed by atoms with E-state index in [0.717, 1.165) is 25.2 Å². The Morgan fingerprint density at radius 1 is 1.04 bits per heavy atom. The summed E-state index contributed by atoms with van der Waals surface area (Å²) in [5, 5.41) is 6.82. The molecule has 2 N–H and O–H groups in total. The van der Waals surface area contributed by atoms with Crippen LogP contribution in [0.15, 0.2) is 42.9 Å². The molecule has 2 aromatic carbocycles. The summed E-state index contributed by atoms with van der Waals surface area (Å²) < 4.78 is 30.5. The summed E-state index contributed by atoms with van der Waals surface area (Å²) in [6.07, 6.45) is 9.09. The third-order valence-electron chi connectivity index (χ3n) is 8.72. The van der Waals surface area contributed by atoms with E-state index in [2.05, 4.69) is 73.3 Å². The van der Waals surface area contributed by atoms with E-state index in [0.29, 0.717) is 57.9 Å². The number of ether oxygens (including phenoxy) is 1. The second-order valence-corrected chi connectivity index (χ2v) is 14.6. The molecule has 0 amide bonds. The van der Waals surface area contributed by atoms with E-state index >= 15 is 0 Å². The second kappa shape index (κ2) is 12.6. The molecule has 13 heteroatoms. The van der Waals surface area contributed by atoms with E-state index in [4.69, 9.17) is 16.3 Å². The minimum Gasteiger partial charge on any atom is -0.494 e. The molecule has 2 aromatic heterocycles. The number of methoxy groups -OCH3 is 1. The number of nitrogens with zero attached hydrogens (tertiary/aromatic N) is 6. The molecule has 238 valence electrons. The van der Waals surface area contributed by atoms with E-state index < -0.39 is 9.84 Å². The van der Waals surface area contributed by atoms with Gasteiger partial charge in [0.2, 0.25) is 5.95 Å². The largest absolute Gasteiger partial charge is 0.494 e. The third-order valence-corrected chi connectivity index (χ3v) is 9.81. The quantitative estimate of drug-likeness (QED) is 0.218. The summed E-state index contributed by atoms with van der Waals surface area (Å²) in [5.41, 5.74) is 5.27. The second-order valence-electron chi connectivity index (χ2n) is 12.1. The third kappa shape index (κ3) is 6.49. The molecular weight excluding hydrogens is 612 g/mol. The molecule has 2 bridgehead atoms. The van der Waals surface area contributed by atoms with Crippen molar-refractivity contribution in [2.75, 3.05) is 42.0 Å². The molecule has 3 saturated heterocycles. The number of piperidine rings is 2. The monoisotopic (exact) mass is 650 g/mol. The summed E-state index contributed by atoms with van der Waals surface area (Å²) in [4.78, 5) is 23.0. The van der Waals surface area contributed by atoms with Gasteiger partial charge in [0.05, 0.1) is 35.8 Å². The number of hydrogen-bond acceptors (Lipinski definition) is 11. The zero-order valence-corrected chi connectivity index (χ0v) is 27.8. The molecule has 3 fully saturated rings. The number of fused-ring (bicyclic) bond motifs is 4. The number of rotatable bonds is 10. The fourth-order valence-electron chi connectivity index (χ4n) is 6.60. The summed E-state index contributed by atoms with van der Waals surface area (Å²) >= 11 is 6.53. The van der Waals surface area contributed by atoms with E-state index in [1.807, 2.05) is 0 Å². The highest BCUT2D eigenvalue weighted by atomic mass is 35.5. The Hall–Kier alpha value is -3.74. The van der Waals surface area contributed by atoms with Gasteiger partial charge in [0.25, 0.3) is 0 Å². The van der Waals surface area contributed by atoms with Crippen molar-refractivity contribution in [3.8, 4) is 5.75 Å². The Kier molecular flexibility index (Phi) is 8.73.